The number of carbonyl (C=O) groups is 1. The summed E-state index contributed by atoms with van der Waals surface area (Å²) in [5.41, 5.74) is 8.48. The van der Waals surface area contributed by atoms with Gasteiger partial charge in [-0.05, 0) is 55.9 Å². The van der Waals surface area contributed by atoms with E-state index in [1.54, 1.807) is 7.11 Å². The minimum absolute atomic E-state index is 0.00969. The van der Waals surface area contributed by atoms with Gasteiger partial charge < -0.3 is 25.5 Å². The van der Waals surface area contributed by atoms with E-state index in [1.807, 2.05) is 24.4 Å². The molecule has 4 N–H and O–H groups in total. The molecule has 0 saturated heterocycles. The number of aromatic amines is 1. The summed E-state index contributed by atoms with van der Waals surface area (Å²) >= 11 is 0. The highest BCUT2D eigenvalue weighted by Crippen LogP contribution is 2.26. The van der Waals surface area contributed by atoms with Crippen LogP contribution in [0.2, 0.25) is 0 Å². The van der Waals surface area contributed by atoms with E-state index in [1.165, 1.54) is 5.56 Å². The van der Waals surface area contributed by atoms with Gasteiger partial charge in [-0.15, -0.1) is 0 Å². The predicted octanol–water partition coefficient (Wildman–Crippen LogP) is 2.76. The maximum Gasteiger partial charge on any atom is 0.223 e. The van der Waals surface area contributed by atoms with Crippen molar-refractivity contribution in [2.24, 2.45) is 11.7 Å². The molecule has 27 heavy (non-hydrogen) atoms. The summed E-state index contributed by atoms with van der Waals surface area (Å²) in [7, 11) is 1.67. The fourth-order valence-electron chi connectivity index (χ4n) is 3.85. The first kappa shape index (κ1) is 19.7. The molecule has 1 fully saturated rings. The Morgan fingerprint density at radius 2 is 2.22 bits per heavy atom. The van der Waals surface area contributed by atoms with Gasteiger partial charge in [0.05, 0.1) is 13.2 Å². The molecule has 1 saturated carbocycles. The fourth-order valence-corrected chi connectivity index (χ4v) is 3.85. The van der Waals surface area contributed by atoms with Crippen LogP contribution in [-0.4, -0.2) is 43.3 Å². The molecule has 3 atom stereocenters. The Bertz CT molecular complexity index is 758. The van der Waals surface area contributed by atoms with Crippen LogP contribution in [0.1, 0.15) is 38.2 Å². The van der Waals surface area contributed by atoms with Crippen LogP contribution >= 0.6 is 0 Å². The highest BCUT2D eigenvalue weighted by Gasteiger charge is 2.32. The highest BCUT2D eigenvalue weighted by atomic mass is 16.5. The lowest BCUT2D eigenvalue weighted by Crippen LogP contribution is -2.46. The summed E-state index contributed by atoms with van der Waals surface area (Å²) in [5.74, 6) is 0.935. The molecule has 1 aliphatic rings. The molecule has 1 aromatic carbocycles. The van der Waals surface area contributed by atoms with E-state index >= 15 is 0 Å². The average Bonchev–Trinajstić information content (AvgIpc) is 3.09. The van der Waals surface area contributed by atoms with E-state index < -0.39 is 0 Å². The van der Waals surface area contributed by atoms with Crippen LogP contribution in [-0.2, 0) is 16.0 Å². The van der Waals surface area contributed by atoms with Crippen LogP contribution in [0.25, 0.3) is 10.9 Å². The minimum atomic E-state index is -0.0536. The van der Waals surface area contributed by atoms with E-state index in [-0.39, 0.29) is 24.0 Å². The molecular weight excluding hydrogens is 342 g/mol. The van der Waals surface area contributed by atoms with Crippen molar-refractivity contribution in [3.05, 3.63) is 30.0 Å². The Balaban J connectivity index is 1.49. The summed E-state index contributed by atoms with van der Waals surface area (Å²) in [6.07, 6.45) is 6.27. The quantitative estimate of drug-likeness (QED) is 0.664. The number of aromatic nitrogens is 1. The van der Waals surface area contributed by atoms with Gasteiger partial charge in [0.25, 0.3) is 0 Å². The third-order valence-corrected chi connectivity index (χ3v) is 5.41. The maximum atomic E-state index is 12.5. The monoisotopic (exact) mass is 373 g/mol. The van der Waals surface area contributed by atoms with Gasteiger partial charge in [0.2, 0.25) is 5.91 Å². The van der Waals surface area contributed by atoms with Gasteiger partial charge in [0, 0.05) is 42.2 Å². The third kappa shape index (κ3) is 4.82. The topological polar surface area (TPSA) is 89.4 Å². The number of nitrogens with two attached hydrogens (primary N) is 1. The van der Waals surface area contributed by atoms with Gasteiger partial charge >= 0.3 is 0 Å². The molecule has 1 aromatic heterocycles. The first-order chi connectivity index (χ1) is 13.1. The van der Waals surface area contributed by atoms with Gasteiger partial charge in [-0.3, -0.25) is 4.79 Å². The molecule has 1 heterocycles. The van der Waals surface area contributed by atoms with Gasteiger partial charge in [-0.25, -0.2) is 0 Å². The lowest BCUT2D eigenvalue weighted by atomic mass is 9.83. The zero-order valence-electron chi connectivity index (χ0n) is 16.3. The second-order valence-corrected chi connectivity index (χ2v) is 7.35. The van der Waals surface area contributed by atoms with Crippen molar-refractivity contribution in [3.63, 3.8) is 0 Å². The number of benzene rings is 1. The lowest BCUT2D eigenvalue weighted by Gasteiger charge is -2.33. The molecule has 3 rings (SSSR count). The standard InChI is InChI=1S/C21H31N3O3/c1-3-10-27-20-7-4-14(11-18(20)22)21(25)23-9-8-15-13-24-19-6-5-16(26-2)12-17(15)19/h5-6,12-14,18,20,24H,3-4,7-11,22H2,1-2H3,(H,23,25)/t14-,18+,20+/m0/s1. The first-order valence-corrected chi connectivity index (χ1v) is 9.91. The SMILES string of the molecule is CCCO[C@@H]1CC[C@H](C(=O)NCCc2c[nH]c3ccc(OC)cc23)C[C@H]1N. The number of nitrogens with one attached hydrogen (secondary N) is 2. The molecule has 1 aliphatic carbocycles. The van der Waals surface area contributed by atoms with Gasteiger partial charge in [0.1, 0.15) is 5.75 Å². The summed E-state index contributed by atoms with van der Waals surface area (Å²) in [6.45, 7) is 3.45. The van der Waals surface area contributed by atoms with Crippen LogP contribution in [0, 0.1) is 5.92 Å². The van der Waals surface area contributed by atoms with Crippen molar-refractivity contribution in [3.8, 4) is 5.75 Å². The molecule has 6 nitrogen and oxygen atoms in total. The Kier molecular flexibility index (Phi) is 6.74. The Morgan fingerprint density at radius 1 is 1.37 bits per heavy atom. The molecule has 0 bridgehead atoms. The van der Waals surface area contributed by atoms with Crippen molar-refractivity contribution in [2.45, 2.75) is 51.2 Å². The van der Waals surface area contributed by atoms with Crippen LogP contribution in [0.3, 0.4) is 0 Å². The summed E-state index contributed by atoms with van der Waals surface area (Å²) in [6, 6.07) is 5.92. The van der Waals surface area contributed by atoms with Crippen molar-refractivity contribution in [1.29, 1.82) is 0 Å². The molecule has 0 spiro atoms. The minimum Gasteiger partial charge on any atom is -0.497 e. The number of ether oxygens (including phenoxy) is 2. The van der Waals surface area contributed by atoms with Gasteiger partial charge in [-0.2, -0.15) is 0 Å². The average molecular weight is 373 g/mol. The summed E-state index contributed by atoms with van der Waals surface area (Å²) in [5, 5.41) is 4.22. The number of hydrogen-bond acceptors (Lipinski definition) is 4. The van der Waals surface area contributed by atoms with E-state index in [0.29, 0.717) is 13.0 Å². The zero-order valence-corrected chi connectivity index (χ0v) is 16.3. The third-order valence-electron chi connectivity index (χ3n) is 5.41. The number of methoxy groups -OCH3 is 1. The smallest absolute Gasteiger partial charge is 0.223 e. The number of rotatable bonds is 8. The van der Waals surface area contributed by atoms with Gasteiger partial charge in [-0.1, -0.05) is 6.92 Å². The number of carbonyl (C=O) groups excluding carboxylic acids is 1. The number of amides is 1. The molecular formula is C21H31N3O3. The van der Waals surface area contributed by atoms with E-state index in [4.69, 9.17) is 15.2 Å². The molecule has 0 aliphatic heterocycles. The molecule has 0 radical (unpaired) electrons. The van der Waals surface area contributed by atoms with Crippen molar-refractivity contribution in [2.75, 3.05) is 20.3 Å². The van der Waals surface area contributed by atoms with Crippen molar-refractivity contribution in [1.82, 2.24) is 10.3 Å². The second kappa shape index (κ2) is 9.24. The Hall–Kier alpha value is -2.05. The fraction of sp³-hybridized carbons (Fsp3) is 0.571. The Labute approximate surface area is 160 Å². The normalized spacial score (nSPS) is 22.7. The molecule has 1 amide bonds. The molecule has 0 unspecified atom stereocenters. The van der Waals surface area contributed by atoms with Crippen LogP contribution in [0.4, 0.5) is 0 Å². The summed E-state index contributed by atoms with van der Waals surface area (Å²) in [4.78, 5) is 15.8. The maximum absolute atomic E-state index is 12.5. The number of fused-ring (bicyclic) bond motifs is 1. The number of hydrogen-bond donors (Lipinski definition) is 3. The lowest BCUT2D eigenvalue weighted by molar-refractivity contribution is -0.127. The largest absolute Gasteiger partial charge is 0.497 e. The molecule has 148 valence electrons. The Morgan fingerprint density at radius 3 is 2.96 bits per heavy atom. The van der Waals surface area contributed by atoms with Crippen molar-refractivity contribution < 1.29 is 14.3 Å². The van der Waals surface area contributed by atoms with E-state index in [9.17, 15) is 4.79 Å². The number of H-pyrrole nitrogens is 1. The highest BCUT2D eigenvalue weighted by molar-refractivity contribution is 5.84. The first-order valence-electron chi connectivity index (χ1n) is 9.91. The second-order valence-electron chi connectivity index (χ2n) is 7.35. The van der Waals surface area contributed by atoms with Crippen molar-refractivity contribution >= 4 is 16.8 Å². The predicted molar refractivity (Wildman–Crippen MR) is 107 cm³/mol. The van der Waals surface area contributed by atoms with Gasteiger partial charge in [0.15, 0.2) is 0 Å². The van der Waals surface area contributed by atoms with Crippen LogP contribution in [0.15, 0.2) is 24.4 Å². The van der Waals surface area contributed by atoms with Crippen LogP contribution < -0.4 is 15.8 Å². The summed E-state index contributed by atoms with van der Waals surface area (Å²) < 4.78 is 11.1. The van der Waals surface area contributed by atoms with Crippen LogP contribution in [0.5, 0.6) is 5.75 Å². The van der Waals surface area contributed by atoms with E-state index in [0.717, 1.165) is 48.9 Å². The molecule has 6 heteroatoms. The molecule has 2 aromatic rings. The van der Waals surface area contributed by atoms with E-state index in [2.05, 4.69) is 17.2 Å². The zero-order chi connectivity index (χ0) is 19.2.